The lowest BCUT2D eigenvalue weighted by Gasteiger charge is -2.02. The maximum absolute atomic E-state index is 11.6. The number of nitrogens with one attached hydrogen (secondary N) is 3. The van der Waals surface area contributed by atoms with E-state index in [0.717, 1.165) is 11.3 Å². The number of aromatic nitrogens is 1. The third kappa shape index (κ3) is 3.83. The Morgan fingerprint density at radius 2 is 1.76 bits per heavy atom. The zero-order chi connectivity index (χ0) is 13.0. The summed E-state index contributed by atoms with van der Waals surface area (Å²) in [4.78, 5) is 37.4. The van der Waals surface area contributed by atoms with Crippen molar-refractivity contribution in [3.05, 3.63) is 10.6 Å². The molecular weight excluding hydrogens is 244 g/mol. The number of rotatable bonds is 2. The summed E-state index contributed by atoms with van der Waals surface area (Å²) >= 11 is 1.04. The van der Waals surface area contributed by atoms with Crippen LogP contribution in [0.15, 0.2) is 0 Å². The molecule has 0 spiro atoms. The summed E-state index contributed by atoms with van der Waals surface area (Å²) in [7, 11) is 0. The Labute approximate surface area is 102 Å². The van der Waals surface area contributed by atoms with Crippen molar-refractivity contribution in [3.63, 3.8) is 0 Å². The predicted molar refractivity (Wildman–Crippen MR) is 62.4 cm³/mol. The molecule has 8 heteroatoms. The summed E-state index contributed by atoms with van der Waals surface area (Å²) in [5.41, 5.74) is 4.89. The monoisotopic (exact) mass is 256 g/mol. The molecule has 1 heterocycles. The molecule has 0 saturated carbocycles. The largest absolute Gasteiger partial charge is 0.302 e. The van der Waals surface area contributed by atoms with E-state index < -0.39 is 5.91 Å². The maximum Gasteiger partial charge on any atom is 0.281 e. The number of aryl methyl sites for hydroxylation is 1. The molecule has 3 N–H and O–H groups in total. The quantitative estimate of drug-likeness (QED) is 0.657. The van der Waals surface area contributed by atoms with E-state index in [2.05, 4.69) is 21.2 Å². The number of nitrogens with zero attached hydrogens (tertiary/aromatic N) is 1. The van der Waals surface area contributed by atoms with Gasteiger partial charge in [0.2, 0.25) is 11.8 Å². The molecule has 1 aromatic rings. The van der Waals surface area contributed by atoms with Crippen molar-refractivity contribution >= 4 is 34.2 Å². The van der Waals surface area contributed by atoms with Gasteiger partial charge in [0.1, 0.15) is 4.88 Å². The molecule has 0 saturated heterocycles. The SMILES string of the molecule is CC(=O)NNC(=O)c1sc(NC(C)=O)nc1C. The highest BCUT2D eigenvalue weighted by Gasteiger charge is 2.15. The van der Waals surface area contributed by atoms with Gasteiger partial charge in [-0.05, 0) is 6.92 Å². The van der Waals surface area contributed by atoms with Crippen molar-refractivity contribution in [1.29, 1.82) is 0 Å². The number of hydrogen-bond donors (Lipinski definition) is 3. The van der Waals surface area contributed by atoms with Crippen molar-refractivity contribution in [2.24, 2.45) is 0 Å². The molecular formula is C9H12N4O3S. The molecule has 7 nitrogen and oxygen atoms in total. The number of amides is 3. The Balaban J connectivity index is 2.76. The zero-order valence-electron chi connectivity index (χ0n) is 9.58. The van der Waals surface area contributed by atoms with Crippen LogP contribution in [0.3, 0.4) is 0 Å². The first-order chi connectivity index (χ1) is 7.90. The highest BCUT2D eigenvalue weighted by atomic mass is 32.1. The highest BCUT2D eigenvalue weighted by Crippen LogP contribution is 2.22. The minimum atomic E-state index is -0.466. The van der Waals surface area contributed by atoms with E-state index in [4.69, 9.17) is 0 Å². The van der Waals surface area contributed by atoms with Crippen molar-refractivity contribution in [1.82, 2.24) is 15.8 Å². The highest BCUT2D eigenvalue weighted by molar-refractivity contribution is 7.17. The maximum atomic E-state index is 11.6. The van der Waals surface area contributed by atoms with Gasteiger partial charge >= 0.3 is 0 Å². The third-order valence-electron chi connectivity index (χ3n) is 1.64. The van der Waals surface area contributed by atoms with Crippen molar-refractivity contribution in [2.45, 2.75) is 20.8 Å². The van der Waals surface area contributed by atoms with Crippen LogP contribution in [0, 0.1) is 6.92 Å². The average Bonchev–Trinajstić information content (AvgIpc) is 2.54. The van der Waals surface area contributed by atoms with Gasteiger partial charge in [0.25, 0.3) is 5.91 Å². The van der Waals surface area contributed by atoms with Gasteiger partial charge in [0.05, 0.1) is 5.69 Å². The molecule has 0 bridgehead atoms. The number of hydrazine groups is 1. The van der Waals surface area contributed by atoms with Gasteiger partial charge in [-0.3, -0.25) is 25.2 Å². The minimum Gasteiger partial charge on any atom is -0.302 e. The van der Waals surface area contributed by atoms with Crippen LogP contribution >= 0.6 is 11.3 Å². The molecule has 92 valence electrons. The standard InChI is InChI=1S/C9H12N4O3S/c1-4-7(8(16)13-12-6(3)15)17-9(10-4)11-5(2)14/h1-3H3,(H,12,15)(H,13,16)(H,10,11,14). The first kappa shape index (κ1) is 13.1. The van der Waals surface area contributed by atoms with Gasteiger partial charge in [-0.25, -0.2) is 4.98 Å². The molecule has 3 amide bonds. The van der Waals surface area contributed by atoms with Gasteiger partial charge in [0.15, 0.2) is 5.13 Å². The second kappa shape index (κ2) is 5.39. The van der Waals surface area contributed by atoms with Gasteiger partial charge in [-0.2, -0.15) is 0 Å². The second-order valence-electron chi connectivity index (χ2n) is 3.25. The molecule has 0 aliphatic rings. The van der Waals surface area contributed by atoms with Crippen LogP contribution in [0.1, 0.15) is 29.2 Å². The van der Waals surface area contributed by atoms with Crippen LogP contribution < -0.4 is 16.2 Å². The average molecular weight is 256 g/mol. The van der Waals surface area contributed by atoms with Gasteiger partial charge in [-0.1, -0.05) is 11.3 Å². The molecule has 1 rings (SSSR count). The summed E-state index contributed by atoms with van der Waals surface area (Å²) in [6.45, 7) is 4.28. The van der Waals surface area contributed by atoms with Gasteiger partial charge in [-0.15, -0.1) is 0 Å². The Morgan fingerprint density at radius 1 is 1.12 bits per heavy atom. The smallest absolute Gasteiger partial charge is 0.281 e. The van der Waals surface area contributed by atoms with E-state index >= 15 is 0 Å². The van der Waals surface area contributed by atoms with Crippen LogP contribution in [0.2, 0.25) is 0 Å². The van der Waals surface area contributed by atoms with Crippen LogP contribution in [-0.4, -0.2) is 22.7 Å². The number of carbonyl (C=O) groups is 3. The van der Waals surface area contributed by atoms with Crippen LogP contribution in [0.4, 0.5) is 5.13 Å². The lowest BCUT2D eigenvalue weighted by molar-refractivity contribution is -0.119. The van der Waals surface area contributed by atoms with E-state index in [-0.39, 0.29) is 11.8 Å². The van der Waals surface area contributed by atoms with Gasteiger partial charge in [0, 0.05) is 13.8 Å². The fourth-order valence-corrected chi connectivity index (χ4v) is 1.92. The predicted octanol–water partition coefficient (Wildman–Crippen LogP) is 0.191. The lowest BCUT2D eigenvalue weighted by atomic mass is 10.4. The Hall–Kier alpha value is -1.96. The van der Waals surface area contributed by atoms with Crippen molar-refractivity contribution in [3.8, 4) is 0 Å². The van der Waals surface area contributed by atoms with Crippen molar-refractivity contribution in [2.75, 3.05) is 5.32 Å². The molecule has 0 aliphatic carbocycles. The molecule has 0 aliphatic heterocycles. The first-order valence-corrected chi connectivity index (χ1v) is 5.53. The normalized spacial score (nSPS) is 9.59. The number of carbonyl (C=O) groups excluding carboxylic acids is 3. The lowest BCUT2D eigenvalue weighted by Crippen LogP contribution is -2.40. The topological polar surface area (TPSA) is 100 Å². The van der Waals surface area contributed by atoms with Crippen LogP contribution in [0.25, 0.3) is 0 Å². The van der Waals surface area contributed by atoms with E-state index in [9.17, 15) is 14.4 Å². The van der Waals surface area contributed by atoms with Crippen LogP contribution in [-0.2, 0) is 9.59 Å². The Bertz CT molecular complexity index is 469. The summed E-state index contributed by atoms with van der Waals surface area (Å²) in [5.74, 6) is -1.10. The Kier molecular flexibility index (Phi) is 4.16. The summed E-state index contributed by atoms with van der Waals surface area (Å²) in [5, 5.41) is 2.84. The van der Waals surface area contributed by atoms with E-state index in [1.165, 1.54) is 13.8 Å². The molecule has 17 heavy (non-hydrogen) atoms. The summed E-state index contributed by atoms with van der Waals surface area (Å²) in [6.07, 6.45) is 0. The Morgan fingerprint density at radius 3 is 2.29 bits per heavy atom. The fraction of sp³-hybridized carbons (Fsp3) is 0.333. The van der Waals surface area contributed by atoms with E-state index in [0.29, 0.717) is 15.7 Å². The number of hydrogen-bond acceptors (Lipinski definition) is 5. The zero-order valence-corrected chi connectivity index (χ0v) is 10.4. The number of thiazole rings is 1. The molecule has 1 aromatic heterocycles. The minimum absolute atomic E-state index is 0.257. The second-order valence-corrected chi connectivity index (χ2v) is 4.25. The number of anilines is 1. The molecule has 0 atom stereocenters. The van der Waals surface area contributed by atoms with Gasteiger partial charge < -0.3 is 5.32 Å². The fourth-order valence-electron chi connectivity index (χ4n) is 1.01. The van der Waals surface area contributed by atoms with E-state index in [1.54, 1.807) is 6.92 Å². The summed E-state index contributed by atoms with van der Waals surface area (Å²) < 4.78 is 0. The third-order valence-corrected chi connectivity index (χ3v) is 2.71. The molecule has 0 unspecified atom stereocenters. The molecule has 0 fully saturated rings. The van der Waals surface area contributed by atoms with Crippen molar-refractivity contribution < 1.29 is 14.4 Å². The molecule has 0 aromatic carbocycles. The molecule has 0 radical (unpaired) electrons. The van der Waals surface area contributed by atoms with E-state index in [1.807, 2.05) is 0 Å². The summed E-state index contributed by atoms with van der Waals surface area (Å²) in [6, 6.07) is 0. The first-order valence-electron chi connectivity index (χ1n) is 4.72. The van der Waals surface area contributed by atoms with Crippen LogP contribution in [0.5, 0.6) is 0 Å².